The van der Waals surface area contributed by atoms with Gasteiger partial charge in [-0.3, -0.25) is 9.69 Å². The van der Waals surface area contributed by atoms with Crippen LogP contribution in [0.25, 0.3) is 0 Å². The number of aromatic nitrogens is 1. The molecule has 0 atom stereocenters. The highest BCUT2D eigenvalue weighted by Crippen LogP contribution is 2.19. The van der Waals surface area contributed by atoms with Gasteiger partial charge in [0.2, 0.25) is 15.9 Å². The lowest BCUT2D eigenvalue weighted by Crippen LogP contribution is -2.41. The smallest absolute Gasteiger partial charge is 0.243 e. The second kappa shape index (κ2) is 10.4. The first-order chi connectivity index (χ1) is 14.3. The number of hydrogen-bond acceptors (Lipinski definition) is 7. The maximum Gasteiger partial charge on any atom is 0.243 e. The summed E-state index contributed by atoms with van der Waals surface area (Å²) < 4.78 is 37.7. The fourth-order valence-electron chi connectivity index (χ4n) is 3.10. The Morgan fingerprint density at radius 1 is 1.27 bits per heavy atom. The van der Waals surface area contributed by atoms with Gasteiger partial charge in [0, 0.05) is 30.7 Å². The fourth-order valence-corrected chi connectivity index (χ4v) is 4.66. The third kappa shape index (κ3) is 6.26. The van der Waals surface area contributed by atoms with Crippen molar-refractivity contribution in [2.24, 2.45) is 0 Å². The van der Waals surface area contributed by atoms with Gasteiger partial charge in [-0.2, -0.15) is 4.31 Å². The van der Waals surface area contributed by atoms with Crippen LogP contribution in [0.1, 0.15) is 12.2 Å². The molecular weight excluding hydrogens is 432 g/mol. The van der Waals surface area contributed by atoms with Gasteiger partial charge in [0.05, 0.1) is 24.7 Å². The largest absolute Gasteiger partial charge is 0.379 e. The van der Waals surface area contributed by atoms with E-state index in [0.29, 0.717) is 30.4 Å². The molecule has 2 heterocycles. The molecule has 164 valence electrons. The molecule has 0 unspecified atom stereocenters. The number of halogens is 1. The average molecular weight is 457 g/mol. The maximum atomic E-state index is 13.2. The van der Waals surface area contributed by atoms with Crippen LogP contribution in [-0.4, -0.2) is 74.6 Å². The Labute approximate surface area is 181 Å². The van der Waals surface area contributed by atoms with Gasteiger partial charge >= 0.3 is 0 Å². The number of nitrogens with zero attached hydrogens (tertiary/aromatic N) is 3. The first-order valence-corrected chi connectivity index (χ1v) is 11.5. The Kier molecular flexibility index (Phi) is 7.84. The lowest BCUT2D eigenvalue weighted by Gasteiger charge is -2.28. The second-order valence-electron chi connectivity index (χ2n) is 6.97. The second-order valence-corrected chi connectivity index (χ2v) is 9.35. The fraction of sp³-hybridized carbons (Fsp3) is 0.474. The number of nitrogens with one attached hydrogen (secondary N) is 1. The molecule has 2 aromatic rings. The van der Waals surface area contributed by atoms with Crippen LogP contribution >= 0.6 is 11.6 Å². The van der Waals surface area contributed by atoms with E-state index in [4.69, 9.17) is 20.9 Å². The van der Waals surface area contributed by atoms with Crippen molar-refractivity contribution in [3.05, 3.63) is 41.1 Å². The van der Waals surface area contributed by atoms with Crippen molar-refractivity contribution in [3.8, 4) is 0 Å². The van der Waals surface area contributed by atoms with Crippen LogP contribution in [-0.2, 0) is 19.6 Å². The molecule has 1 aromatic carbocycles. The van der Waals surface area contributed by atoms with Crippen LogP contribution in [0.5, 0.6) is 0 Å². The van der Waals surface area contributed by atoms with Crippen LogP contribution in [0.15, 0.2) is 39.8 Å². The molecule has 0 spiro atoms. The molecule has 1 aliphatic rings. The summed E-state index contributed by atoms with van der Waals surface area (Å²) >= 11 is 5.88. The molecule has 0 radical (unpaired) electrons. The van der Waals surface area contributed by atoms with E-state index in [1.165, 1.54) is 28.6 Å². The number of carbonyl (C=O) groups is 1. The minimum atomic E-state index is -3.88. The quantitative estimate of drug-likeness (QED) is 0.615. The summed E-state index contributed by atoms with van der Waals surface area (Å²) in [6.45, 7) is 5.27. The number of anilines is 1. The summed E-state index contributed by atoms with van der Waals surface area (Å²) in [4.78, 5) is 14.8. The Hall–Kier alpha value is -1.98. The van der Waals surface area contributed by atoms with Crippen LogP contribution in [0.4, 0.5) is 5.82 Å². The number of aryl methyl sites for hydroxylation is 1. The number of morpholine rings is 1. The molecule has 1 aliphatic heterocycles. The molecule has 1 aromatic heterocycles. The molecule has 0 saturated carbocycles. The van der Waals surface area contributed by atoms with E-state index in [1.807, 2.05) is 0 Å². The predicted octanol–water partition coefficient (Wildman–Crippen LogP) is 1.99. The molecular formula is C19H25ClN4O5S. The summed E-state index contributed by atoms with van der Waals surface area (Å²) in [7, 11) is -3.88. The Bertz CT molecular complexity index is 942. The Balaban J connectivity index is 1.69. The van der Waals surface area contributed by atoms with Gasteiger partial charge in [-0.15, -0.1) is 0 Å². The molecule has 0 aliphatic carbocycles. The standard InChI is InChI=1S/C19H25ClN4O5S/c1-15-13-18(22-29-15)21-19(25)14-24(8-2-7-23-9-11-28-12-10-23)30(26,27)17-5-3-16(20)4-6-17/h3-6,13H,2,7-12,14H2,1H3,(H,21,22,25). The number of sulfonamides is 1. The normalized spacial score (nSPS) is 15.4. The van der Waals surface area contributed by atoms with Gasteiger partial charge in [-0.1, -0.05) is 16.8 Å². The van der Waals surface area contributed by atoms with Crippen molar-refractivity contribution in [3.63, 3.8) is 0 Å². The highest BCUT2D eigenvalue weighted by molar-refractivity contribution is 7.89. The summed E-state index contributed by atoms with van der Waals surface area (Å²) in [5.74, 6) is 0.295. The third-order valence-corrected chi connectivity index (χ3v) is 6.76. The van der Waals surface area contributed by atoms with Crippen LogP contribution in [0.2, 0.25) is 5.02 Å². The predicted molar refractivity (Wildman–Crippen MR) is 112 cm³/mol. The van der Waals surface area contributed by atoms with Gasteiger partial charge in [0.1, 0.15) is 5.76 Å². The number of hydrogen-bond donors (Lipinski definition) is 1. The van der Waals surface area contributed by atoms with Crippen LogP contribution < -0.4 is 5.32 Å². The average Bonchev–Trinajstić information content (AvgIpc) is 3.12. The van der Waals surface area contributed by atoms with E-state index >= 15 is 0 Å². The van der Waals surface area contributed by atoms with Crippen molar-refractivity contribution in [2.75, 3.05) is 51.3 Å². The number of carbonyl (C=O) groups excluding carboxylic acids is 1. The van der Waals surface area contributed by atoms with Gasteiger partial charge < -0.3 is 14.6 Å². The molecule has 3 rings (SSSR count). The van der Waals surface area contributed by atoms with Crippen molar-refractivity contribution in [1.29, 1.82) is 0 Å². The molecule has 30 heavy (non-hydrogen) atoms. The van der Waals surface area contributed by atoms with Crippen LogP contribution in [0.3, 0.4) is 0 Å². The first-order valence-electron chi connectivity index (χ1n) is 9.63. The zero-order chi connectivity index (χ0) is 21.6. The van der Waals surface area contributed by atoms with Gasteiger partial charge in [0.15, 0.2) is 5.82 Å². The summed E-state index contributed by atoms with van der Waals surface area (Å²) in [6.07, 6.45) is 0.586. The molecule has 1 saturated heterocycles. The van der Waals surface area contributed by atoms with Crippen LogP contribution in [0, 0.1) is 6.92 Å². The lowest BCUT2D eigenvalue weighted by molar-refractivity contribution is -0.116. The molecule has 1 fully saturated rings. The number of ether oxygens (including phenoxy) is 1. The van der Waals surface area contributed by atoms with E-state index in [-0.39, 0.29) is 23.8 Å². The number of rotatable bonds is 9. The maximum absolute atomic E-state index is 13.2. The van der Waals surface area contributed by atoms with E-state index in [0.717, 1.165) is 19.6 Å². The highest BCUT2D eigenvalue weighted by Gasteiger charge is 2.27. The van der Waals surface area contributed by atoms with Crippen molar-refractivity contribution in [2.45, 2.75) is 18.2 Å². The topological polar surface area (TPSA) is 105 Å². The highest BCUT2D eigenvalue weighted by atomic mass is 35.5. The number of benzene rings is 1. The summed E-state index contributed by atoms with van der Waals surface area (Å²) in [5, 5.41) is 6.71. The van der Waals surface area contributed by atoms with Crippen molar-refractivity contribution >= 4 is 33.3 Å². The summed E-state index contributed by atoms with van der Waals surface area (Å²) in [6, 6.07) is 7.46. The zero-order valence-corrected chi connectivity index (χ0v) is 18.3. The van der Waals surface area contributed by atoms with Gasteiger partial charge in [-0.05, 0) is 44.2 Å². The lowest BCUT2D eigenvalue weighted by atomic mass is 10.3. The van der Waals surface area contributed by atoms with E-state index in [2.05, 4.69) is 15.4 Å². The minimum Gasteiger partial charge on any atom is -0.379 e. The third-order valence-electron chi connectivity index (χ3n) is 4.65. The Morgan fingerprint density at radius 3 is 2.60 bits per heavy atom. The zero-order valence-electron chi connectivity index (χ0n) is 16.7. The SMILES string of the molecule is Cc1cc(NC(=O)CN(CCCN2CCOCC2)S(=O)(=O)c2ccc(Cl)cc2)no1. The molecule has 1 N–H and O–H groups in total. The Morgan fingerprint density at radius 2 is 1.97 bits per heavy atom. The number of amides is 1. The molecule has 1 amide bonds. The van der Waals surface area contributed by atoms with Gasteiger partial charge in [-0.25, -0.2) is 8.42 Å². The molecule has 0 bridgehead atoms. The first kappa shape index (κ1) is 22.7. The van der Waals surface area contributed by atoms with Crippen molar-refractivity contribution < 1.29 is 22.5 Å². The van der Waals surface area contributed by atoms with Crippen molar-refractivity contribution in [1.82, 2.24) is 14.4 Å². The van der Waals surface area contributed by atoms with Gasteiger partial charge in [0.25, 0.3) is 0 Å². The summed E-state index contributed by atoms with van der Waals surface area (Å²) in [5.41, 5.74) is 0. The van der Waals surface area contributed by atoms with E-state index in [1.54, 1.807) is 13.0 Å². The van der Waals surface area contributed by atoms with E-state index in [9.17, 15) is 13.2 Å². The molecule has 11 heteroatoms. The molecule has 9 nitrogen and oxygen atoms in total. The minimum absolute atomic E-state index is 0.0864. The monoisotopic (exact) mass is 456 g/mol. The van der Waals surface area contributed by atoms with E-state index < -0.39 is 15.9 Å².